The minimum Gasteiger partial charge on any atom is -0.494 e. The summed E-state index contributed by atoms with van der Waals surface area (Å²) in [6.07, 6.45) is 0.996. The van der Waals surface area contributed by atoms with Gasteiger partial charge in [-0.3, -0.25) is 0 Å². The third-order valence-electron chi connectivity index (χ3n) is 3.25. The smallest absolute Gasteiger partial charge is 0.161 e. The summed E-state index contributed by atoms with van der Waals surface area (Å²) in [7, 11) is 0. The predicted octanol–water partition coefficient (Wildman–Crippen LogP) is 5.02. The van der Waals surface area contributed by atoms with Crippen molar-refractivity contribution in [2.45, 2.75) is 40.0 Å². The Morgan fingerprint density at radius 1 is 1.14 bits per heavy atom. The molecule has 0 aliphatic carbocycles. The van der Waals surface area contributed by atoms with Crippen LogP contribution in [0.4, 0.5) is 0 Å². The minimum absolute atomic E-state index is 0.316. The van der Waals surface area contributed by atoms with Crippen LogP contribution in [0.5, 0.6) is 5.75 Å². The van der Waals surface area contributed by atoms with Gasteiger partial charge in [0, 0.05) is 16.8 Å². The Bertz CT molecular complexity index is 586. The lowest BCUT2D eigenvalue weighted by atomic mass is 10.0. The fraction of sp³-hybridized carbons (Fsp3) is 0.412. The SMILES string of the molecule is CCCOc1ccc(-c2nc(C)c(C(C)C)c(Cl)n2)cc1. The van der Waals surface area contributed by atoms with Gasteiger partial charge < -0.3 is 4.74 Å². The van der Waals surface area contributed by atoms with E-state index in [4.69, 9.17) is 16.3 Å². The van der Waals surface area contributed by atoms with Crippen LogP contribution < -0.4 is 4.74 Å². The van der Waals surface area contributed by atoms with Gasteiger partial charge in [0.2, 0.25) is 0 Å². The molecule has 0 saturated carbocycles. The molecular formula is C17H21ClN2O. The highest BCUT2D eigenvalue weighted by Crippen LogP contribution is 2.28. The van der Waals surface area contributed by atoms with Crippen molar-refractivity contribution in [3.8, 4) is 17.1 Å². The highest BCUT2D eigenvalue weighted by atomic mass is 35.5. The van der Waals surface area contributed by atoms with Crippen LogP contribution in [-0.2, 0) is 0 Å². The number of halogens is 1. The Kier molecular flexibility index (Phi) is 5.18. The zero-order chi connectivity index (χ0) is 15.4. The van der Waals surface area contributed by atoms with Crippen LogP contribution in [0.25, 0.3) is 11.4 Å². The van der Waals surface area contributed by atoms with Crippen molar-refractivity contribution in [3.05, 3.63) is 40.7 Å². The number of benzene rings is 1. The van der Waals surface area contributed by atoms with E-state index >= 15 is 0 Å². The summed E-state index contributed by atoms with van der Waals surface area (Å²) >= 11 is 6.30. The van der Waals surface area contributed by atoms with E-state index in [2.05, 4.69) is 30.7 Å². The van der Waals surface area contributed by atoms with E-state index in [0.29, 0.717) is 16.9 Å². The molecule has 21 heavy (non-hydrogen) atoms. The van der Waals surface area contributed by atoms with Gasteiger partial charge in [0.15, 0.2) is 5.82 Å². The molecule has 1 heterocycles. The third kappa shape index (κ3) is 3.73. The number of ether oxygens (including phenoxy) is 1. The number of aryl methyl sites for hydroxylation is 1. The molecule has 0 aliphatic rings. The molecule has 0 unspecified atom stereocenters. The lowest BCUT2D eigenvalue weighted by Crippen LogP contribution is -2.02. The maximum absolute atomic E-state index is 6.30. The zero-order valence-electron chi connectivity index (χ0n) is 13.0. The Balaban J connectivity index is 2.30. The average molecular weight is 305 g/mol. The first-order valence-electron chi connectivity index (χ1n) is 7.30. The lowest BCUT2D eigenvalue weighted by Gasteiger charge is -2.12. The molecule has 0 atom stereocenters. The van der Waals surface area contributed by atoms with E-state index in [9.17, 15) is 0 Å². The topological polar surface area (TPSA) is 35.0 Å². The quantitative estimate of drug-likeness (QED) is 0.728. The van der Waals surface area contributed by atoms with Crippen molar-refractivity contribution in [1.29, 1.82) is 0 Å². The molecule has 3 nitrogen and oxygen atoms in total. The molecule has 0 N–H and O–H groups in total. The van der Waals surface area contributed by atoms with E-state index in [1.807, 2.05) is 31.2 Å². The van der Waals surface area contributed by atoms with Gasteiger partial charge in [-0.05, 0) is 43.5 Å². The Morgan fingerprint density at radius 2 is 1.81 bits per heavy atom. The van der Waals surface area contributed by atoms with E-state index in [1.54, 1.807) is 0 Å². The molecule has 0 saturated heterocycles. The van der Waals surface area contributed by atoms with Gasteiger partial charge >= 0.3 is 0 Å². The number of hydrogen-bond donors (Lipinski definition) is 0. The van der Waals surface area contributed by atoms with Gasteiger partial charge in [-0.15, -0.1) is 0 Å². The maximum atomic E-state index is 6.30. The summed E-state index contributed by atoms with van der Waals surface area (Å²) in [6, 6.07) is 7.80. The second-order valence-electron chi connectivity index (χ2n) is 5.36. The molecule has 2 rings (SSSR count). The van der Waals surface area contributed by atoms with Gasteiger partial charge in [-0.2, -0.15) is 0 Å². The predicted molar refractivity (Wildman–Crippen MR) is 87.1 cm³/mol. The van der Waals surface area contributed by atoms with Gasteiger partial charge in [0.05, 0.1) is 6.61 Å². The van der Waals surface area contributed by atoms with E-state index in [0.717, 1.165) is 35.6 Å². The molecule has 1 aromatic carbocycles. The third-order valence-corrected chi connectivity index (χ3v) is 3.54. The van der Waals surface area contributed by atoms with Crippen LogP contribution in [0, 0.1) is 6.92 Å². The van der Waals surface area contributed by atoms with Gasteiger partial charge in [-0.1, -0.05) is 32.4 Å². The molecule has 0 aliphatic heterocycles. The number of hydrogen-bond acceptors (Lipinski definition) is 3. The second kappa shape index (κ2) is 6.90. The largest absolute Gasteiger partial charge is 0.494 e. The van der Waals surface area contributed by atoms with Gasteiger partial charge in [0.1, 0.15) is 10.9 Å². The summed E-state index contributed by atoms with van der Waals surface area (Å²) in [4.78, 5) is 9.01. The number of rotatable bonds is 5. The van der Waals surface area contributed by atoms with E-state index in [-0.39, 0.29) is 0 Å². The molecular weight excluding hydrogens is 284 g/mol. The molecule has 0 fully saturated rings. The maximum Gasteiger partial charge on any atom is 0.161 e. The van der Waals surface area contributed by atoms with Crippen LogP contribution >= 0.6 is 11.6 Å². The van der Waals surface area contributed by atoms with Crippen molar-refractivity contribution in [2.24, 2.45) is 0 Å². The Hall–Kier alpha value is -1.61. The summed E-state index contributed by atoms with van der Waals surface area (Å²) in [5, 5.41) is 0.541. The first kappa shape index (κ1) is 15.8. The summed E-state index contributed by atoms with van der Waals surface area (Å²) in [6.45, 7) is 8.98. The molecule has 0 bridgehead atoms. The van der Waals surface area contributed by atoms with Crippen molar-refractivity contribution in [3.63, 3.8) is 0 Å². The summed E-state index contributed by atoms with van der Waals surface area (Å²) in [5.41, 5.74) is 2.90. The van der Waals surface area contributed by atoms with Gasteiger partial charge in [0.25, 0.3) is 0 Å². The van der Waals surface area contributed by atoms with E-state index < -0.39 is 0 Å². The van der Waals surface area contributed by atoms with Crippen LogP contribution in [0.3, 0.4) is 0 Å². The lowest BCUT2D eigenvalue weighted by molar-refractivity contribution is 0.317. The van der Waals surface area contributed by atoms with Crippen LogP contribution in [0.1, 0.15) is 44.4 Å². The minimum atomic E-state index is 0.316. The van der Waals surface area contributed by atoms with Crippen LogP contribution in [-0.4, -0.2) is 16.6 Å². The molecule has 1 aromatic heterocycles. The van der Waals surface area contributed by atoms with Gasteiger partial charge in [-0.25, -0.2) is 9.97 Å². The fourth-order valence-corrected chi connectivity index (χ4v) is 2.69. The summed E-state index contributed by atoms with van der Waals surface area (Å²) in [5.74, 6) is 1.84. The fourth-order valence-electron chi connectivity index (χ4n) is 2.25. The molecule has 0 radical (unpaired) electrons. The van der Waals surface area contributed by atoms with Crippen molar-refractivity contribution in [2.75, 3.05) is 6.61 Å². The molecule has 112 valence electrons. The average Bonchev–Trinajstić information content (AvgIpc) is 2.44. The highest BCUT2D eigenvalue weighted by molar-refractivity contribution is 6.30. The van der Waals surface area contributed by atoms with Crippen molar-refractivity contribution < 1.29 is 4.74 Å². The standard InChI is InChI=1S/C17H21ClN2O/c1-5-10-21-14-8-6-13(7-9-14)17-19-12(4)15(11(2)3)16(18)20-17/h6-9,11H,5,10H2,1-4H3. The van der Waals surface area contributed by atoms with Crippen molar-refractivity contribution >= 4 is 11.6 Å². The second-order valence-corrected chi connectivity index (χ2v) is 5.72. The number of aromatic nitrogens is 2. The molecule has 2 aromatic rings. The summed E-state index contributed by atoms with van der Waals surface area (Å²) < 4.78 is 5.58. The van der Waals surface area contributed by atoms with Crippen LogP contribution in [0.15, 0.2) is 24.3 Å². The number of nitrogens with zero attached hydrogens (tertiary/aromatic N) is 2. The first-order valence-corrected chi connectivity index (χ1v) is 7.68. The molecule has 0 amide bonds. The highest BCUT2D eigenvalue weighted by Gasteiger charge is 2.14. The first-order chi connectivity index (χ1) is 10.0. The van der Waals surface area contributed by atoms with E-state index in [1.165, 1.54) is 0 Å². The van der Waals surface area contributed by atoms with Crippen LogP contribution in [0.2, 0.25) is 5.15 Å². The Morgan fingerprint density at radius 3 is 2.33 bits per heavy atom. The monoisotopic (exact) mass is 304 g/mol. The van der Waals surface area contributed by atoms with Crippen molar-refractivity contribution in [1.82, 2.24) is 9.97 Å². The molecule has 0 spiro atoms. The normalized spacial score (nSPS) is 11.0. The zero-order valence-corrected chi connectivity index (χ0v) is 13.7. The Labute approximate surface area is 131 Å². The molecule has 4 heteroatoms.